The summed E-state index contributed by atoms with van der Waals surface area (Å²) in [6.07, 6.45) is 0.454. The molecule has 0 spiro atoms. The molecular weight excluding hydrogens is 268 g/mol. The zero-order valence-electron chi connectivity index (χ0n) is 11.5. The zero-order valence-corrected chi connectivity index (χ0v) is 11.5. The molecule has 108 valence electrons. The summed E-state index contributed by atoms with van der Waals surface area (Å²) in [5.74, 6) is -0.134. The highest BCUT2D eigenvalue weighted by Crippen LogP contribution is 2.34. The van der Waals surface area contributed by atoms with Crippen molar-refractivity contribution in [2.24, 2.45) is 0 Å². The van der Waals surface area contributed by atoms with Crippen molar-refractivity contribution < 1.29 is 19.4 Å². The standard InChI is InChI=1S/C17H16O4/c18-17(19)14(10-12-4-2-1-3-5-12)13-6-7-15-16(11-13)21-9-8-20-15/h1-7,11,14H,8-10H2,(H,18,19). The van der Waals surface area contributed by atoms with Crippen molar-refractivity contribution in [1.82, 2.24) is 0 Å². The minimum absolute atomic E-state index is 0.454. The van der Waals surface area contributed by atoms with Gasteiger partial charge in [0.05, 0.1) is 5.92 Å². The lowest BCUT2D eigenvalue weighted by molar-refractivity contribution is -0.138. The summed E-state index contributed by atoms with van der Waals surface area (Å²) in [6, 6.07) is 15.0. The minimum Gasteiger partial charge on any atom is -0.486 e. The SMILES string of the molecule is O=C(O)C(Cc1ccccc1)c1ccc2c(c1)OCCO2. The van der Waals surface area contributed by atoms with Crippen LogP contribution in [-0.4, -0.2) is 24.3 Å². The number of rotatable bonds is 4. The maximum Gasteiger partial charge on any atom is 0.311 e. The average Bonchev–Trinajstić information content (AvgIpc) is 2.53. The molecule has 0 saturated heterocycles. The number of hydrogen-bond donors (Lipinski definition) is 1. The number of fused-ring (bicyclic) bond motifs is 1. The van der Waals surface area contributed by atoms with Crippen LogP contribution in [0.5, 0.6) is 11.5 Å². The van der Waals surface area contributed by atoms with Gasteiger partial charge < -0.3 is 14.6 Å². The molecule has 3 rings (SSSR count). The number of hydrogen-bond acceptors (Lipinski definition) is 3. The fraction of sp³-hybridized carbons (Fsp3) is 0.235. The van der Waals surface area contributed by atoms with Crippen LogP contribution in [0.1, 0.15) is 17.0 Å². The van der Waals surface area contributed by atoms with Crippen molar-refractivity contribution in [2.45, 2.75) is 12.3 Å². The van der Waals surface area contributed by atoms with Gasteiger partial charge in [0.15, 0.2) is 11.5 Å². The second-order valence-corrected chi connectivity index (χ2v) is 4.98. The predicted octanol–water partition coefficient (Wildman–Crippen LogP) is 2.87. The molecule has 0 bridgehead atoms. The largest absolute Gasteiger partial charge is 0.486 e. The van der Waals surface area contributed by atoms with E-state index < -0.39 is 11.9 Å². The highest BCUT2D eigenvalue weighted by molar-refractivity contribution is 5.77. The zero-order chi connectivity index (χ0) is 14.7. The van der Waals surface area contributed by atoms with E-state index in [1.807, 2.05) is 30.3 Å². The molecule has 2 aromatic rings. The highest BCUT2D eigenvalue weighted by atomic mass is 16.6. The minimum atomic E-state index is -0.837. The topological polar surface area (TPSA) is 55.8 Å². The van der Waals surface area contributed by atoms with Crippen LogP contribution in [0, 0.1) is 0 Å². The average molecular weight is 284 g/mol. The molecule has 0 aliphatic carbocycles. The van der Waals surface area contributed by atoms with Crippen molar-refractivity contribution in [3.05, 3.63) is 59.7 Å². The van der Waals surface area contributed by atoms with E-state index in [-0.39, 0.29) is 0 Å². The first kappa shape index (κ1) is 13.5. The maximum atomic E-state index is 11.6. The monoisotopic (exact) mass is 284 g/mol. The Morgan fingerprint density at radius 3 is 2.48 bits per heavy atom. The van der Waals surface area contributed by atoms with Gasteiger partial charge in [-0.2, -0.15) is 0 Å². The van der Waals surface area contributed by atoms with Gasteiger partial charge in [0.25, 0.3) is 0 Å². The van der Waals surface area contributed by atoms with E-state index in [9.17, 15) is 9.90 Å². The Kier molecular flexibility index (Phi) is 3.77. The number of carbonyl (C=O) groups is 1. The number of carboxylic acids is 1. The molecule has 1 heterocycles. The molecule has 0 radical (unpaired) electrons. The highest BCUT2D eigenvalue weighted by Gasteiger charge is 2.23. The van der Waals surface area contributed by atoms with E-state index in [4.69, 9.17) is 9.47 Å². The Balaban J connectivity index is 1.89. The van der Waals surface area contributed by atoms with Crippen LogP contribution in [-0.2, 0) is 11.2 Å². The van der Waals surface area contributed by atoms with Gasteiger partial charge in [-0.05, 0) is 29.7 Å². The number of ether oxygens (including phenoxy) is 2. The molecule has 4 heteroatoms. The van der Waals surface area contributed by atoms with Crippen LogP contribution >= 0.6 is 0 Å². The molecular formula is C17H16O4. The van der Waals surface area contributed by atoms with Gasteiger partial charge in [0.2, 0.25) is 0 Å². The lowest BCUT2D eigenvalue weighted by Gasteiger charge is -2.20. The van der Waals surface area contributed by atoms with Gasteiger partial charge in [0, 0.05) is 0 Å². The van der Waals surface area contributed by atoms with Crippen LogP contribution in [0.4, 0.5) is 0 Å². The quantitative estimate of drug-likeness (QED) is 0.938. The maximum absolute atomic E-state index is 11.6. The third-order valence-electron chi connectivity index (χ3n) is 3.55. The lowest BCUT2D eigenvalue weighted by Crippen LogP contribution is -2.18. The van der Waals surface area contributed by atoms with Crippen molar-refractivity contribution in [1.29, 1.82) is 0 Å². The van der Waals surface area contributed by atoms with Crippen molar-refractivity contribution >= 4 is 5.97 Å². The molecule has 0 aromatic heterocycles. The smallest absolute Gasteiger partial charge is 0.311 e. The van der Waals surface area contributed by atoms with Gasteiger partial charge in [0.1, 0.15) is 13.2 Å². The van der Waals surface area contributed by atoms with Crippen molar-refractivity contribution in [3.8, 4) is 11.5 Å². The normalized spacial score (nSPS) is 14.5. The second-order valence-electron chi connectivity index (χ2n) is 4.98. The lowest BCUT2D eigenvalue weighted by atomic mass is 9.92. The van der Waals surface area contributed by atoms with Gasteiger partial charge >= 0.3 is 5.97 Å². The first-order chi connectivity index (χ1) is 10.2. The first-order valence-electron chi connectivity index (χ1n) is 6.90. The molecule has 1 aliphatic heterocycles. The van der Waals surface area contributed by atoms with E-state index in [2.05, 4.69) is 0 Å². The summed E-state index contributed by atoms with van der Waals surface area (Å²) >= 11 is 0. The summed E-state index contributed by atoms with van der Waals surface area (Å²) in [5.41, 5.74) is 1.73. The van der Waals surface area contributed by atoms with Crippen LogP contribution in [0.2, 0.25) is 0 Å². The van der Waals surface area contributed by atoms with Gasteiger partial charge in [-0.15, -0.1) is 0 Å². The molecule has 1 unspecified atom stereocenters. The van der Waals surface area contributed by atoms with E-state index >= 15 is 0 Å². The first-order valence-corrected chi connectivity index (χ1v) is 6.90. The Morgan fingerprint density at radius 1 is 1.05 bits per heavy atom. The number of carboxylic acid groups (broad SMARTS) is 1. The van der Waals surface area contributed by atoms with Gasteiger partial charge in [-0.1, -0.05) is 36.4 Å². The Hall–Kier alpha value is -2.49. The van der Waals surface area contributed by atoms with Gasteiger partial charge in [-0.3, -0.25) is 4.79 Å². The number of aliphatic carboxylic acids is 1. The molecule has 2 aromatic carbocycles. The molecule has 1 N–H and O–H groups in total. The fourth-order valence-corrected chi connectivity index (χ4v) is 2.47. The summed E-state index contributed by atoms with van der Waals surface area (Å²) in [7, 11) is 0. The Labute approximate surface area is 122 Å². The van der Waals surface area contributed by atoms with Crippen LogP contribution < -0.4 is 9.47 Å². The second kappa shape index (κ2) is 5.87. The van der Waals surface area contributed by atoms with Crippen LogP contribution in [0.15, 0.2) is 48.5 Å². The van der Waals surface area contributed by atoms with Crippen molar-refractivity contribution in [3.63, 3.8) is 0 Å². The third kappa shape index (κ3) is 2.99. The molecule has 0 amide bonds. The summed E-state index contributed by atoms with van der Waals surface area (Å²) in [6.45, 7) is 1.02. The Morgan fingerprint density at radius 2 is 1.76 bits per heavy atom. The number of benzene rings is 2. The van der Waals surface area contributed by atoms with E-state index in [0.717, 1.165) is 11.1 Å². The van der Waals surface area contributed by atoms with Crippen LogP contribution in [0.3, 0.4) is 0 Å². The molecule has 0 fully saturated rings. The molecule has 21 heavy (non-hydrogen) atoms. The molecule has 1 atom stereocenters. The fourth-order valence-electron chi connectivity index (χ4n) is 2.47. The van der Waals surface area contributed by atoms with Gasteiger partial charge in [-0.25, -0.2) is 0 Å². The van der Waals surface area contributed by atoms with E-state index in [1.54, 1.807) is 18.2 Å². The summed E-state index contributed by atoms with van der Waals surface area (Å²) in [5, 5.41) is 9.52. The predicted molar refractivity (Wildman–Crippen MR) is 78.0 cm³/mol. The van der Waals surface area contributed by atoms with Crippen LogP contribution in [0.25, 0.3) is 0 Å². The molecule has 4 nitrogen and oxygen atoms in total. The summed E-state index contributed by atoms with van der Waals surface area (Å²) < 4.78 is 11.0. The Bertz CT molecular complexity index is 636. The van der Waals surface area contributed by atoms with E-state index in [1.165, 1.54) is 0 Å². The van der Waals surface area contributed by atoms with E-state index in [0.29, 0.717) is 31.1 Å². The third-order valence-corrected chi connectivity index (χ3v) is 3.55. The summed E-state index contributed by atoms with van der Waals surface area (Å²) in [4.78, 5) is 11.6. The van der Waals surface area contributed by atoms with Crippen molar-refractivity contribution in [2.75, 3.05) is 13.2 Å². The molecule has 0 saturated carbocycles. The molecule has 1 aliphatic rings.